The summed E-state index contributed by atoms with van der Waals surface area (Å²) in [5.41, 5.74) is 0.144. The summed E-state index contributed by atoms with van der Waals surface area (Å²) in [6, 6.07) is 0.344. The van der Waals surface area contributed by atoms with Gasteiger partial charge in [-0.3, -0.25) is 9.69 Å². The summed E-state index contributed by atoms with van der Waals surface area (Å²) in [5.74, 6) is 0.0988. The molecule has 0 N–H and O–H groups in total. The summed E-state index contributed by atoms with van der Waals surface area (Å²) in [4.78, 5) is 19.0. The number of carbonyl (C=O) groups is 1. The molecule has 0 radical (unpaired) electrons. The second-order valence-electron chi connectivity index (χ2n) is 6.03. The van der Waals surface area contributed by atoms with Gasteiger partial charge in [0.05, 0.1) is 24.8 Å². The zero-order valence-corrected chi connectivity index (χ0v) is 11.8. The SMILES string of the molecule is COCC(=O)N1CC2COCCN2C2(CN(C)C2)C1. The van der Waals surface area contributed by atoms with E-state index in [9.17, 15) is 4.79 Å². The Morgan fingerprint density at radius 1 is 1.42 bits per heavy atom. The van der Waals surface area contributed by atoms with E-state index in [0.29, 0.717) is 6.04 Å². The van der Waals surface area contributed by atoms with Crippen molar-refractivity contribution in [2.45, 2.75) is 11.6 Å². The van der Waals surface area contributed by atoms with Crippen LogP contribution in [0.4, 0.5) is 0 Å². The normalized spacial score (nSPS) is 31.1. The minimum Gasteiger partial charge on any atom is -0.378 e. The lowest BCUT2D eigenvalue weighted by Gasteiger charge is -2.62. The fraction of sp³-hybridized carbons (Fsp3) is 0.923. The third-order valence-corrected chi connectivity index (χ3v) is 4.50. The molecule has 0 aromatic rings. The average molecular weight is 269 g/mol. The maximum atomic E-state index is 12.1. The van der Waals surface area contributed by atoms with E-state index in [0.717, 1.165) is 45.9 Å². The fourth-order valence-corrected chi connectivity index (χ4v) is 3.84. The number of fused-ring (bicyclic) bond motifs is 2. The van der Waals surface area contributed by atoms with Gasteiger partial charge >= 0.3 is 0 Å². The van der Waals surface area contributed by atoms with Crippen molar-refractivity contribution < 1.29 is 14.3 Å². The molecule has 3 aliphatic rings. The first-order valence-corrected chi connectivity index (χ1v) is 6.94. The summed E-state index contributed by atoms with van der Waals surface area (Å²) in [6.07, 6.45) is 0. The third-order valence-electron chi connectivity index (χ3n) is 4.50. The van der Waals surface area contributed by atoms with E-state index in [4.69, 9.17) is 9.47 Å². The van der Waals surface area contributed by atoms with Crippen LogP contribution in [0.1, 0.15) is 0 Å². The molecule has 3 heterocycles. The molecule has 6 nitrogen and oxygen atoms in total. The lowest BCUT2D eigenvalue weighted by atomic mass is 9.83. The molecule has 6 heteroatoms. The number of likely N-dealkylation sites (N-methyl/N-ethyl adjacent to an activating group) is 1. The van der Waals surface area contributed by atoms with Crippen molar-refractivity contribution >= 4 is 5.91 Å². The molecule has 19 heavy (non-hydrogen) atoms. The van der Waals surface area contributed by atoms with E-state index in [1.54, 1.807) is 7.11 Å². The van der Waals surface area contributed by atoms with E-state index in [-0.39, 0.29) is 18.1 Å². The Morgan fingerprint density at radius 3 is 2.89 bits per heavy atom. The first-order chi connectivity index (χ1) is 9.14. The summed E-state index contributed by atoms with van der Waals surface area (Å²) >= 11 is 0. The van der Waals surface area contributed by atoms with Crippen LogP contribution in [0.2, 0.25) is 0 Å². The molecule has 1 atom stereocenters. The number of nitrogens with zero attached hydrogens (tertiary/aromatic N) is 3. The second kappa shape index (κ2) is 5.01. The molecule has 1 spiro atoms. The van der Waals surface area contributed by atoms with Gasteiger partial charge in [0.2, 0.25) is 5.91 Å². The van der Waals surface area contributed by atoms with E-state index in [1.165, 1.54) is 0 Å². The monoisotopic (exact) mass is 269 g/mol. The molecule has 1 amide bonds. The third kappa shape index (κ3) is 2.27. The predicted molar refractivity (Wildman–Crippen MR) is 70.0 cm³/mol. The molecule has 0 bridgehead atoms. The lowest BCUT2D eigenvalue weighted by molar-refractivity contribution is -0.173. The van der Waals surface area contributed by atoms with Gasteiger partial charge in [-0.2, -0.15) is 0 Å². The van der Waals surface area contributed by atoms with Crippen molar-refractivity contribution in [3.05, 3.63) is 0 Å². The first kappa shape index (κ1) is 13.3. The Morgan fingerprint density at radius 2 is 2.21 bits per heavy atom. The number of morpholine rings is 1. The Balaban J connectivity index is 1.76. The fourth-order valence-electron chi connectivity index (χ4n) is 3.84. The Kier molecular flexibility index (Phi) is 3.51. The predicted octanol–water partition coefficient (Wildman–Crippen LogP) is -1.14. The summed E-state index contributed by atoms with van der Waals surface area (Å²) < 4.78 is 10.6. The highest BCUT2D eigenvalue weighted by Gasteiger charge is 2.53. The smallest absolute Gasteiger partial charge is 0.248 e. The van der Waals surface area contributed by atoms with Crippen molar-refractivity contribution in [3.63, 3.8) is 0 Å². The minimum absolute atomic E-state index is 0.0988. The Bertz CT molecular complexity index is 357. The van der Waals surface area contributed by atoms with Crippen LogP contribution in [-0.4, -0.2) is 98.9 Å². The zero-order valence-electron chi connectivity index (χ0n) is 11.8. The molecular weight excluding hydrogens is 246 g/mol. The largest absolute Gasteiger partial charge is 0.378 e. The number of likely N-dealkylation sites (tertiary alicyclic amines) is 1. The number of carbonyl (C=O) groups excluding carboxylic acids is 1. The van der Waals surface area contributed by atoms with Crippen molar-refractivity contribution in [2.24, 2.45) is 0 Å². The Hall–Kier alpha value is -0.690. The maximum Gasteiger partial charge on any atom is 0.248 e. The van der Waals surface area contributed by atoms with Crippen LogP contribution in [0.15, 0.2) is 0 Å². The summed E-state index contributed by atoms with van der Waals surface area (Å²) in [7, 11) is 3.71. The van der Waals surface area contributed by atoms with Crippen LogP contribution in [0.3, 0.4) is 0 Å². The molecule has 108 valence electrons. The van der Waals surface area contributed by atoms with Gasteiger partial charge in [0.15, 0.2) is 0 Å². The molecule has 0 aliphatic carbocycles. The standard InChI is InChI=1S/C13H23N3O3/c1-14-8-13(9-14)10-15(12(17)7-18-2)5-11-6-19-4-3-16(11)13/h11H,3-10H2,1-2H3. The van der Waals surface area contributed by atoms with Gasteiger partial charge in [0, 0.05) is 39.8 Å². The summed E-state index contributed by atoms with van der Waals surface area (Å²) in [6.45, 7) is 6.41. The van der Waals surface area contributed by atoms with E-state index in [2.05, 4.69) is 16.8 Å². The highest BCUT2D eigenvalue weighted by atomic mass is 16.5. The van der Waals surface area contributed by atoms with E-state index in [1.807, 2.05) is 4.90 Å². The van der Waals surface area contributed by atoms with Gasteiger partial charge in [-0.15, -0.1) is 0 Å². The van der Waals surface area contributed by atoms with Crippen molar-refractivity contribution in [1.82, 2.24) is 14.7 Å². The number of rotatable bonds is 2. The first-order valence-electron chi connectivity index (χ1n) is 6.94. The minimum atomic E-state index is 0.0988. The molecule has 0 aromatic carbocycles. The van der Waals surface area contributed by atoms with Gasteiger partial charge in [0.1, 0.15) is 6.61 Å². The van der Waals surface area contributed by atoms with Gasteiger partial charge in [0.25, 0.3) is 0 Å². The van der Waals surface area contributed by atoms with E-state index >= 15 is 0 Å². The molecule has 3 fully saturated rings. The zero-order chi connectivity index (χ0) is 13.5. The maximum absolute atomic E-state index is 12.1. The van der Waals surface area contributed by atoms with Gasteiger partial charge in [-0.1, -0.05) is 0 Å². The number of amides is 1. The van der Waals surface area contributed by atoms with Crippen LogP contribution >= 0.6 is 0 Å². The number of hydrogen-bond acceptors (Lipinski definition) is 5. The summed E-state index contributed by atoms with van der Waals surface area (Å²) in [5, 5.41) is 0. The highest BCUT2D eigenvalue weighted by molar-refractivity contribution is 5.77. The van der Waals surface area contributed by atoms with Crippen LogP contribution < -0.4 is 0 Å². The second-order valence-corrected chi connectivity index (χ2v) is 6.03. The molecule has 3 saturated heterocycles. The average Bonchev–Trinajstić information content (AvgIpc) is 2.37. The van der Waals surface area contributed by atoms with Gasteiger partial charge in [-0.25, -0.2) is 0 Å². The van der Waals surface area contributed by atoms with Crippen LogP contribution in [0.5, 0.6) is 0 Å². The topological polar surface area (TPSA) is 45.2 Å². The van der Waals surface area contributed by atoms with Crippen molar-refractivity contribution in [3.8, 4) is 0 Å². The van der Waals surface area contributed by atoms with Crippen molar-refractivity contribution in [2.75, 3.05) is 66.7 Å². The molecular formula is C13H23N3O3. The lowest BCUT2D eigenvalue weighted by Crippen LogP contribution is -2.80. The molecule has 0 aromatic heterocycles. The number of ether oxygens (including phenoxy) is 2. The number of methoxy groups -OCH3 is 1. The van der Waals surface area contributed by atoms with Gasteiger partial charge in [-0.05, 0) is 7.05 Å². The van der Waals surface area contributed by atoms with Crippen LogP contribution in [0.25, 0.3) is 0 Å². The van der Waals surface area contributed by atoms with Crippen molar-refractivity contribution in [1.29, 1.82) is 0 Å². The van der Waals surface area contributed by atoms with Crippen LogP contribution in [0, 0.1) is 0 Å². The van der Waals surface area contributed by atoms with Crippen LogP contribution in [-0.2, 0) is 14.3 Å². The molecule has 1 unspecified atom stereocenters. The highest BCUT2D eigenvalue weighted by Crippen LogP contribution is 2.34. The molecule has 3 aliphatic heterocycles. The molecule has 0 saturated carbocycles. The number of hydrogen-bond donors (Lipinski definition) is 0. The molecule has 3 rings (SSSR count). The quantitative estimate of drug-likeness (QED) is 0.634. The van der Waals surface area contributed by atoms with Gasteiger partial charge < -0.3 is 19.3 Å². The Labute approximate surface area is 114 Å². The number of piperazine rings is 1. The van der Waals surface area contributed by atoms with E-state index < -0.39 is 0 Å².